The minimum absolute atomic E-state index is 0. The summed E-state index contributed by atoms with van der Waals surface area (Å²) in [6.45, 7) is 0.971. The van der Waals surface area contributed by atoms with Crippen LogP contribution in [0.25, 0.3) is 0 Å². The highest BCUT2D eigenvalue weighted by Gasteiger charge is 2.38. The molecule has 3 atom stereocenters. The molecule has 54 valence electrons. The summed E-state index contributed by atoms with van der Waals surface area (Å²) < 4.78 is 5.34. The minimum atomic E-state index is 0. The number of nitrogens with two attached hydrogens (primary N) is 1. The van der Waals surface area contributed by atoms with Gasteiger partial charge >= 0.3 is 0 Å². The topological polar surface area (TPSA) is 35.2 Å². The molecule has 2 aliphatic rings. The van der Waals surface area contributed by atoms with Crippen LogP contribution in [0.2, 0.25) is 0 Å². The zero-order chi connectivity index (χ0) is 5.56. The molecule has 1 aliphatic heterocycles. The molecule has 0 amide bonds. The first-order chi connectivity index (χ1) is 3.86. The number of fused-ring (bicyclic) bond motifs is 2. The molecule has 0 radical (unpaired) electrons. The Bertz CT molecular complexity index is 107. The zero-order valence-electron chi connectivity index (χ0n) is 5.25. The van der Waals surface area contributed by atoms with E-state index < -0.39 is 0 Å². The van der Waals surface area contributed by atoms with Crippen molar-refractivity contribution in [2.24, 2.45) is 11.7 Å². The fourth-order valence-corrected chi connectivity index (χ4v) is 1.72. The highest BCUT2D eigenvalue weighted by molar-refractivity contribution is 5.85. The molecule has 1 saturated carbocycles. The van der Waals surface area contributed by atoms with Crippen LogP contribution in [-0.2, 0) is 4.74 Å². The van der Waals surface area contributed by atoms with E-state index in [4.69, 9.17) is 10.5 Å². The molecule has 0 aromatic rings. The van der Waals surface area contributed by atoms with Gasteiger partial charge in [-0.1, -0.05) is 0 Å². The standard InChI is InChI=1S/C6H11NO.ClH/c7-5-1-4-2-6(5)8-3-4;/h4-6H,1-3,7H2;1H/t4-,5+,6-;/m0./s1. The second-order valence-electron chi connectivity index (χ2n) is 2.87. The van der Waals surface area contributed by atoms with Crippen molar-refractivity contribution < 1.29 is 4.74 Å². The van der Waals surface area contributed by atoms with E-state index in [2.05, 4.69) is 0 Å². The fraction of sp³-hybridized carbons (Fsp3) is 1.00. The van der Waals surface area contributed by atoms with Crippen LogP contribution < -0.4 is 5.73 Å². The molecule has 1 saturated heterocycles. The number of ether oxygens (including phenoxy) is 1. The maximum atomic E-state index is 5.69. The SMILES string of the molecule is Cl.N[C@@H]1C[C@@H]2CO[C@H]1C2. The van der Waals surface area contributed by atoms with E-state index in [1.54, 1.807) is 0 Å². The number of hydrogen-bond acceptors (Lipinski definition) is 2. The van der Waals surface area contributed by atoms with Crippen molar-refractivity contribution in [3.8, 4) is 0 Å². The van der Waals surface area contributed by atoms with Gasteiger partial charge in [0.2, 0.25) is 0 Å². The third-order valence-electron chi connectivity index (χ3n) is 2.19. The van der Waals surface area contributed by atoms with E-state index in [9.17, 15) is 0 Å². The Labute approximate surface area is 61.2 Å². The van der Waals surface area contributed by atoms with Gasteiger partial charge in [-0.05, 0) is 18.8 Å². The maximum Gasteiger partial charge on any atom is 0.0729 e. The summed E-state index contributed by atoms with van der Waals surface area (Å²) in [5, 5.41) is 0. The van der Waals surface area contributed by atoms with Gasteiger partial charge in [0.05, 0.1) is 6.10 Å². The molecule has 2 nitrogen and oxygen atoms in total. The quantitative estimate of drug-likeness (QED) is 0.546. The van der Waals surface area contributed by atoms with Gasteiger partial charge in [0, 0.05) is 12.6 Å². The highest BCUT2D eigenvalue weighted by Crippen LogP contribution is 2.33. The summed E-state index contributed by atoms with van der Waals surface area (Å²) in [6.07, 6.45) is 2.84. The average Bonchev–Trinajstić information content (AvgIpc) is 2.23. The van der Waals surface area contributed by atoms with E-state index in [1.807, 2.05) is 0 Å². The molecule has 0 aromatic heterocycles. The molecule has 9 heavy (non-hydrogen) atoms. The van der Waals surface area contributed by atoms with Crippen molar-refractivity contribution in [1.29, 1.82) is 0 Å². The van der Waals surface area contributed by atoms with E-state index in [0.29, 0.717) is 12.1 Å². The smallest absolute Gasteiger partial charge is 0.0729 e. The molecule has 2 rings (SSSR count). The van der Waals surface area contributed by atoms with Crippen molar-refractivity contribution in [3.05, 3.63) is 0 Å². The number of rotatable bonds is 0. The van der Waals surface area contributed by atoms with Crippen molar-refractivity contribution >= 4 is 12.4 Å². The Hall–Kier alpha value is 0.210. The predicted octanol–water partition coefficient (Wildman–Crippen LogP) is 0.544. The third kappa shape index (κ3) is 1.07. The van der Waals surface area contributed by atoms with Crippen LogP contribution in [0.1, 0.15) is 12.8 Å². The van der Waals surface area contributed by atoms with E-state index in [1.165, 1.54) is 12.8 Å². The molecular formula is C6H12ClNO. The molecule has 3 heteroatoms. The van der Waals surface area contributed by atoms with Gasteiger partial charge < -0.3 is 10.5 Å². The molecule has 0 unspecified atom stereocenters. The lowest BCUT2D eigenvalue weighted by Gasteiger charge is -2.16. The van der Waals surface area contributed by atoms with Gasteiger partial charge in [0.1, 0.15) is 0 Å². The van der Waals surface area contributed by atoms with E-state index in [-0.39, 0.29) is 12.4 Å². The van der Waals surface area contributed by atoms with Crippen LogP contribution in [0.3, 0.4) is 0 Å². The van der Waals surface area contributed by atoms with Gasteiger partial charge in [0.15, 0.2) is 0 Å². The second-order valence-corrected chi connectivity index (χ2v) is 2.87. The Morgan fingerprint density at radius 3 is 2.33 bits per heavy atom. The Balaban J connectivity index is 0.000000405. The summed E-state index contributed by atoms with van der Waals surface area (Å²) in [4.78, 5) is 0. The molecular weight excluding hydrogens is 138 g/mol. The minimum Gasteiger partial charge on any atom is -0.376 e. The van der Waals surface area contributed by atoms with Gasteiger partial charge in [-0.3, -0.25) is 0 Å². The van der Waals surface area contributed by atoms with Crippen LogP contribution in [0, 0.1) is 5.92 Å². The second kappa shape index (κ2) is 2.45. The molecule has 2 N–H and O–H groups in total. The third-order valence-corrected chi connectivity index (χ3v) is 2.19. The number of halogens is 1. The van der Waals surface area contributed by atoms with Crippen molar-refractivity contribution in [1.82, 2.24) is 0 Å². The Morgan fingerprint density at radius 1 is 1.33 bits per heavy atom. The molecule has 2 fully saturated rings. The normalized spacial score (nSPS) is 47.0. The summed E-state index contributed by atoms with van der Waals surface area (Å²) in [6, 6.07) is 0.355. The number of hydrogen-bond donors (Lipinski definition) is 1. The lowest BCUT2D eigenvalue weighted by molar-refractivity contribution is 0.0625. The lowest BCUT2D eigenvalue weighted by Crippen LogP contribution is -2.33. The molecule has 2 bridgehead atoms. The first-order valence-electron chi connectivity index (χ1n) is 3.23. The maximum absolute atomic E-state index is 5.69. The molecule has 0 aromatic carbocycles. The summed E-state index contributed by atoms with van der Waals surface area (Å²) in [5.74, 6) is 0.801. The van der Waals surface area contributed by atoms with Gasteiger partial charge in [-0.2, -0.15) is 0 Å². The van der Waals surface area contributed by atoms with Gasteiger partial charge in [0.25, 0.3) is 0 Å². The molecule has 1 aliphatic carbocycles. The first kappa shape index (κ1) is 7.32. The Kier molecular flexibility index (Phi) is 1.99. The Morgan fingerprint density at radius 2 is 2.11 bits per heavy atom. The predicted molar refractivity (Wildman–Crippen MR) is 37.7 cm³/mol. The van der Waals surface area contributed by atoms with Crippen molar-refractivity contribution in [3.63, 3.8) is 0 Å². The fourth-order valence-electron chi connectivity index (χ4n) is 1.72. The highest BCUT2D eigenvalue weighted by atomic mass is 35.5. The lowest BCUT2D eigenvalue weighted by atomic mass is 10.1. The van der Waals surface area contributed by atoms with E-state index in [0.717, 1.165) is 12.5 Å². The van der Waals surface area contributed by atoms with Crippen molar-refractivity contribution in [2.45, 2.75) is 25.0 Å². The van der Waals surface area contributed by atoms with Crippen LogP contribution in [0.5, 0.6) is 0 Å². The van der Waals surface area contributed by atoms with Crippen LogP contribution in [-0.4, -0.2) is 18.8 Å². The summed E-state index contributed by atoms with van der Waals surface area (Å²) in [5.41, 5.74) is 5.69. The van der Waals surface area contributed by atoms with Crippen LogP contribution >= 0.6 is 12.4 Å². The van der Waals surface area contributed by atoms with Crippen LogP contribution in [0.15, 0.2) is 0 Å². The summed E-state index contributed by atoms with van der Waals surface area (Å²) >= 11 is 0. The molecule has 1 heterocycles. The zero-order valence-corrected chi connectivity index (χ0v) is 6.06. The van der Waals surface area contributed by atoms with E-state index >= 15 is 0 Å². The van der Waals surface area contributed by atoms with Crippen LogP contribution in [0.4, 0.5) is 0 Å². The summed E-state index contributed by atoms with van der Waals surface area (Å²) in [7, 11) is 0. The van der Waals surface area contributed by atoms with Gasteiger partial charge in [-0.25, -0.2) is 0 Å². The monoisotopic (exact) mass is 149 g/mol. The first-order valence-corrected chi connectivity index (χ1v) is 3.23. The van der Waals surface area contributed by atoms with Crippen molar-refractivity contribution in [2.75, 3.05) is 6.61 Å². The molecule has 0 spiro atoms. The largest absolute Gasteiger partial charge is 0.376 e. The average molecular weight is 150 g/mol. The van der Waals surface area contributed by atoms with Gasteiger partial charge in [-0.15, -0.1) is 12.4 Å².